The first-order chi connectivity index (χ1) is 16.9. The Morgan fingerprint density at radius 3 is 2.44 bits per heavy atom. The molecule has 4 rings (SSSR count). The van der Waals surface area contributed by atoms with Gasteiger partial charge in [0.2, 0.25) is 5.95 Å². The Balaban J connectivity index is 1.83. The van der Waals surface area contributed by atoms with Gasteiger partial charge in [0.15, 0.2) is 17.5 Å². The van der Waals surface area contributed by atoms with Gasteiger partial charge in [-0.25, -0.2) is 19.9 Å². The molecule has 0 saturated carbocycles. The van der Waals surface area contributed by atoms with Crippen molar-refractivity contribution in [3.05, 3.63) is 24.8 Å². The summed E-state index contributed by atoms with van der Waals surface area (Å²) in [7, 11) is 0. The summed E-state index contributed by atoms with van der Waals surface area (Å²) < 4.78 is 47.0. The zero-order valence-electron chi connectivity index (χ0n) is 20.3. The predicted octanol–water partition coefficient (Wildman–Crippen LogP) is 1.46. The van der Waals surface area contributed by atoms with Crippen molar-refractivity contribution in [3.63, 3.8) is 0 Å². The van der Waals surface area contributed by atoms with Crippen LogP contribution in [-0.2, 0) is 4.74 Å². The zero-order chi connectivity index (χ0) is 26.1. The van der Waals surface area contributed by atoms with Gasteiger partial charge >= 0.3 is 6.18 Å². The van der Waals surface area contributed by atoms with Crippen molar-refractivity contribution in [1.29, 1.82) is 0 Å². The fourth-order valence-electron chi connectivity index (χ4n) is 4.25. The van der Waals surface area contributed by atoms with Gasteiger partial charge in [-0.2, -0.15) is 13.2 Å². The standard InChI is InChI=1S/C22H31F3N10O/c1-14(34-5-4-30-21(2,3)12-34)35(13-22(23,24)25)19-16(26)18(33-6-8-36-9-7-33)31-17(32-19)15-10-28-20(27)29-11-15/h10-11,30H,1,4-9,12-13,26H2,2-3H3,(H2,27,28,29). The highest BCUT2D eigenvalue weighted by molar-refractivity contribution is 5.80. The Morgan fingerprint density at radius 2 is 1.83 bits per heavy atom. The van der Waals surface area contributed by atoms with Crippen LogP contribution >= 0.6 is 0 Å². The van der Waals surface area contributed by atoms with Crippen molar-refractivity contribution in [2.24, 2.45) is 0 Å². The molecule has 36 heavy (non-hydrogen) atoms. The van der Waals surface area contributed by atoms with Crippen LogP contribution in [0.3, 0.4) is 0 Å². The molecule has 2 aliphatic heterocycles. The van der Waals surface area contributed by atoms with E-state index >= 15 is 0 Å². The molecule has 0 unspecified atom stereocenters. The average molecular weight is 509 g/mol. The van der Waals surface area contributed by atoms with Crippen molar-refractivity contribution in [2.45, 2.75) is 25.6 Å². The van der Waals surface area contributed by atoms with E-state index in [4.69, 9.17) is 16.2 Å². The lowest BCUT2D eigenvalue weighted by molar-refractivity contribution is -0.119. The fourth-order valence-corrected chi connectivity index (χ4v) is 4.25. The van der Waals surface area contributed by atoms with Gasteiger partial charge in [-0.05, 0) is 13.8 Å². The van der Waals surface area contributed by atoms with E-state index in [1.54, 1.807) is 0 Å². The Hall–Kier alpha value is -3.39. The monoisotopic (exact) mass is 508 g/mol. The number of morpholine rings is 1. The minimum Gasteiger partial charge on any atom is -0.393 e. The number of nitrogens with two attached hydrogens (primary N) is 2. The number of anilines is 4. The predicted molar refractivity (Wildman–Crippen MR) is 131 cm³/mol. The summed E-state index contributed by atoms with van der Waals surface area (Å²) in [5.74, 6) is 0.560. The summed E-state index contributed by atoms with van der Waals surface area (Å²) >= 11 is 0. The number of piperazine rings is 1. The van der Waals surface area contributed by atoms with E-state index in [-0.39, 0.29) is 34.6 Å². The maximum Gasteiger partial charge on any atom is 0.406 e. The Morgan fingerprint density at radius 1 is 1.17 bits per heavy atom. The third-order valence-electron chi connectivity index (χ3n) is 5.99. The summed E-state index contributed by atoms with van der Waals surface area (Å²) in [4.78, 5) is 21.7. The third kappa shape index (κ3) is 5.87. The third-order valence-corrected chi connectivity index (χ3v) is 5.99. The van der Waals surface area contributed by atoms with Crippen molar-refractivity contribution in [2.75, 3.05) is 73.7 Å². The topological polar surface area (TPSA) is 135 Å². The second-order valence-electron chi connectivity index (χ2n) is 9.39. The number of hydrogen-bond acceptors (Lipinski definition) is 11. The molecule has 2 aromatic rings. The first-order valence-electron chi connectivity index (χ1n) is 11.5. The van der Waals surface area contributed by atoms with E-state index in [1.807, 2.05) is 23.6 Å². The van der Waals surface area contributed by atoms with Gasteiger partial charge in [0, 0.05) is 50.7 Å². The van der Waals surface area contributed by atoms with E-state index in [0.29, 0.717) is 57.3 Å². The molecule has 5 N–H and O–H groups in total. The molecule has 0 aromatic carbocycles. The molecule has 11 nitrogen and oxygen atoms in total. The molecule has 196 valence electrons. The largest absolute Gasteiger partial charge is 0.406 e. The second-order valence-corrected chi connectivity index (χ2v) is 9.39. The molecular formula is C22H31F3N10O. The molecule has 0 bridgehead atoms. The molecule has 0 radical (unpaired) electrons. The summed E-state index contributed by atoms with van der Waals surface area (Å²) in [6, 6.07) is 0. The van der Waals surface area contributed by atoms with Crippen LogP contribution in [0.1, 0.15) is 13.8 Å². The zero-order valence-corrected chi connectivity index (χ0v) is 20.3. The normalized spacial score (nSPS) is 18.2. The van der Waals surface area contributed by atoms with Crippen LogP contribution in [-0.4, -0.2) is 89.0 Å². The highest BCUT2D eigenvalue weighted by atomic mass is 19.4. The number of ether oxygens (including phenoxy) is 1. The van der Waals surface area contributed by atoms with Crippen LogP contribution in [0.4, 0.5) is 36.4 Å². The molecule has 0 atom stereocenters. The number of halogens is 3. The average Bonchev–Trinajstić information content (AvgIpc) is 2.82. The number of rotatable bonds is 6. The van der Waals surface area contributed by atoms with Gasteiger partial charge in [-0.3, -0.25) is 0 Å². The molecule has 2 aromatic heterocycles. The lowest BCUT2D eigenvalue weighted by atomic mass is 10.0. The fraction of sp³-hybridized carbons (Fsp3) is 0.545. The Kier molecular flexibility index (Phi) is 7.09. The molecule has 14 heteroatoms. The van der Waals surface area contributed by atoms with Crippen LogP contribution in [0.15, 0.2) is 24.8 Å². The van der Waals surface area contributed by atoms with Crippen molar-refractivity contribution >= 4 is 23.3 Å². The highest BCUT2D eigenvalue weighted by Gasteiger charge is 2.37. The highest BCUT2D eigenvalue weighted by Crippen LogP contribution is 2.37. The first kappa shape index (κ1) is 25.7. The Bertz CT molecular complexity index is 1090. The Labute approximate surface area is 207 Å². The summed E-state index contributed by atoms with van der Waals surface area (Å²) in [5, 5.41) is 3.35. The van der Waals surface area contributed by atoms with Gasteiger partial charge in [-0.1, -0.05) is 6.58 Å². The first-order valence-corrected chi connectivity index (χ1v) is 11.5. The number of nitrogens with one attached hydrogen (secondary N) is 1. The van der Waals surface area contributed by atoms with Crippen molar-refractivity contribution in [1.82, 2.24) is 30.2 Å². The van der Waals surface area contributed by atoms with Crippen LogP contribution in [0, 0.1) is 0 Å². The van der Waals surface area contributed by atoms with E-state index in [9.17, 15) is 13.2 Å². The van der Waals surface area contributed by atoms with E-state index in [2.05, 4.69) is 31.8 Å². The number of hydrogen-bond donors (Lipinski definition) is 3. The molecule has 2 aliphatic rings. The number of aromatic nitrogens is 4. The van der Waals surface area contributed by atoms with Crippen LogP contribution in [0.5, 0.6) is 0 Å². The van der Waals surface area contributed by atoms with Gasteiger partial charge < -0.3 is 36.2 Å². The molecular weight excluding hydrogens is 477 g/mol. The van der Waals surface area contributed by atoms with Crippen molar-refractivity contribution < 1.29 is 17.9 Å². The summed E-state index contributed by atoms with van der Waals surface area (Å²) in [6.07, 6.45) is -1.71. The smallest absolute Gasteiger partial charge is 0.393 e. The van der Waals surface area contributed by atoms with Crippen LogP contribution < -0.4 is 26.6 Å². The van der Waals surface area contributed by atoms with Gasteiger partial charge in [-0.15, -0.1) is 0 Å². The quantitative estimate of drug-likeness (QED) is 0.523. The van der Waals surface area contributed by atoms with E-state index < -0.39 is 12.7 Å². The maximum atomic E-state index is 13.9. The van der Waals surface area contributed by atoms with Crippen LogP contribution in [0.25, 0.3) is 11.4 Å². The summed E-state index contributed by atoms with van der Waals surface area (Å²) in [5.41, 5.74) is 12.2. The molecule has 0 amide bonds. The van der Waals surface area contributed by atoms with Gasteiger partial charge in [0.1, 0.15) is 18.1 Å². The minimum absolute atomic E-state index is 0.0248. The lowest BCUT2D eigenvalue weighted by Gasteiger charge is -2.44. The van der Waals surface area contributed by atoms with Crippen LogP contribution in [0.2, 0.25) is 0 Å². The number of nitrogen functional groups attached to an aromatic ring is 2. The second kappa shape index (κ2) is 9.93. The maximum absolute atomic E-state index is 13.9. The SMILES string of the molecule is C=C(N1CCNC(C)(C)C1)N(CC(F)(F)F)c1nc(-c2cnc(N)nc2)nc(N2CCOCC2)c1N. The van der Waals surface area contributed by atoms with Crippen molar-refractivity contribution in [3.8, 4) is 11.4 Å². The minimum atomic E-state index is -4.55. The van der Waals surface area contributed by atoms with E-state index in [1.165, 1.54) is 12.4 Å². The molecule has 0 spiro atoms. The molecule has 0 aliphatic carbocycles. The van der Waals surface area contributed by atoms with Gasteiger partial charge in [0.05, 0.1) is 18.8 Å². The molecule has 4 heterocycles. The summed E-state index contributed by atoms with van der Waals surface area (Å²) in [6.45, 7) is 10.0. The number of nitrogens with zero attached hydrogens (tertiary/aromatic N) is 7. The lowest BCUT2D eigenvalue weighted by Crippen LogP contribution is -2.58. The molecule has 2 fully saturated rings. The van der Waals surface area contributed by atoms with Gasteiger partial charge in [0.25, 0.3) is 0 Å². The molecule has 2 saturated heterocycles. The number of alkyl halides is 3. The van der Waals surface area contributed by atoms with E-state index in [0.717, 1.165) is 4.90 Å².